The molecule has 118 valence electrons. The van der Waals surface area contributed by atoms with E-state index in [4.69, 9.17) is 16.3 Å². The highest BCUT2D eigenvalue weighted by Gasteiger charge is 2.38. The van der Waals surface area contributed by atoms with Gasteiger partial charge >= 0.3 is 6.18 Å². The molecule has 2 rings (SSSR count). The zero-order valence-corrected chi connectivity index (χ0v) is 13.1. The van der Waals surface area contributed by atoms with Gasteiger partial charge in [-0.3, -0.25) is 0 Å². The monoisotopic (exact) mass is 339 g/mol. The highest BCUT2D eigenvalue weighted by Crippen LogP contribution is 2.41. The summed E-state index contributed by atoms with van der Waals surface area (Å²) in [6.07, 6.45) is -1.95. The molecule has 1 heterocycles. The first-order valence-electron chi connectivity index (χ1n) is 6.65. The largest absolute Gasteiger partial charge is 0.489 e. The van der Waals surface area contributed by atoms with Gasteiger partial charge in [-0.2, -0.15) is 24.9 Å². The lowest BCUT2D eigenvalue weighted by Gasteiger charge is -2.25. The Kier molecular flexibility index (Phi) is 5.68. The molecule has 0 aromatic heterocycles. The van der Waals surface area contributed by atoms with Crippen LogP contribution < -0.4 is 10.1 Å². The first-order chi connectivity index (χ1) is 9.93. The normalized spacial score (nSPS) is 20.5. The van der Waals surface area contributed by atoms with Crippen LogP contribution >= 0.6 is 23.4 Å². The van der Waals surface area contributed by atoms with Gasteiger partial charge in [-0.05, 0) is 31.4 Å². The Morgan fingerprint density at radius 2 is 2.24 bits per heavy atom. The Bertz CT molecular complexity index is 478. The van der Waals surface area contributed by atoms with Crippen LogP contribution in [0.3, 0.4) is 0 Å². The Labute approximate surface area is 131 Å². The summed E-state index contributed by atoms with van der Waals surface area (Å²) >= 11 is 7.28. The molecular formula is C14H17ClF3NOS. The average molecular weight is 340 g/mol. The van der Waals surface area contributed by atoms with Crippen molar-refractivity contribution in [3.05, 3.63) is 28.8 Å². The van der Waals surface area contributed by atoms with Crippen molar-refractivity contribution < 1.29 is 17.9 Å². The molecule has 21 heavy (non-hydrogen) atoms. The lowest BCUT2D eigenvalue weighted by atomic mass is 10.0. The van der Waals surface area contributed by atoms with Crippen molar-refractivity contribution in [1.29, 1.82) is 0 Å². The highest BCUT2D eigenvalue weighted by molar-refractivity contribution is 7.98. The number of hydrogen-bond donors (Lipinski definition) is 1. The molecule has 0 saturated carbocycles. The molecule has 1 saturated heterocycles. The van der Waals surface area contributed by atoms with Crippen LogP contribution in [-0.4, -0.2) is 31.2 Å². The summed E-state index contributed by atoms with van der Waals surface area (Å²) in [6.45, 7) is 1.65. The van der Waals surface area contributed by atoms with Crippen LogP contribution in [0.15, 0.2) is 18.2 Å². The minimum Gasteiger partial charge on any atom is -0.489 e. The minimum atomic E-state index is -4.52. The fourth-order valence-corrected chi connectivity index (χ4v) is 3.41. The molecular weight excluding hydrogens is 323 g/mol. The molecule has 1 aliphatic heterocycles. The predicted octanol–water partition coefficient (Wildman–Crippen LogP) is 4.08. The van der Waals surface area contributed by atoms with Gasteiger partial charge in [-0.1, -0.05) is 17.7 Å². The van der Waals surface area contributed by atoms with Gasteiger partial charge in [-0.25, -0.2) is 0 Å². The smallest absolute Gasteiger partial charge is 0.421 e. The van der Waals surface area contributed by atoms with Crippen LogP contribution in [0.25, 0.3) is 0 Å². The summed E-state index contributed by atoms with van der Waals surface area (Å²) in [5.41, 5.74) is -0.885. The molecule has 0 bridgehead atoms. The van der Waals surface area contributed by atoms with E-state index in [1.165, 1.54) is 18.2 Å². The second-order valence-electron chi connectivity index (χ2n) is 4.98. The highest BCUT2D eigenvalue weighted by atomic mass is 35.5. The van der Waals surface area contributed by atoms with E-state index in [1.807, 2.05) is 6.26 Å². The molecule has 1 aliphatic rings. The van der Waals surface area contributed by atoms with E-state index in [0.29, 0.717) is 5.75 Å². The summed E-state index contributed by atoms with van der Waals surface area (Å²) < 4.78 is 45.1. The molecule has 2 nitrogen and oxygen atoms in total. The average Bonchev–Trinajstić information content (AvgIpc) is 2.90. The second kappa shape index (κ2) is 7.11. The van der Waals surface area contributed by atoms with Crippen LogP contribution in [-0.2, 0) is 6.18 Å². The third-order valence-electron chi connectivity index (χ3n) is 3.49. The van der Waals surface area contributed by atoms with Crippen LogP contribution in [0.1, 0.15) is 12.0 Å². The topological polar surface area (TPSA) is 21.3 Å². The molecule has 0 amide bonds. The third kappa shape index (κ3) is 4.20. The standard InChI is InChI=1S/C14H17ClF3NOS/c1-21-8-12(9-5-6-19-7-9)20-11-4-2-3-10(15)13(11)14(16,17)18/h2-4,9,12,19H,5-8H2,1H3/t9-,12+/m0/s1. The predicted molar refractivity (Wildman–Crippen MR) is 80.2 cm³/mol. The van der Waals surface area contributed by atoms with Gasteiger partial charge in [0.1, 0.15) is 17.4 Å². The number of benzene rings is 1. The van der Waals surface area contributed by atoms with Crippen molar-refractivity contribution in [2.45, 2.75) is 18.7 Å². The maximum Gasteiger partial charge on any atom is 0.421 e. The lowest BCUT2D eigenvalue weighted by molar-refractivity contribution is -0.139. The molecule has 7 heteroatoms. The maximum absolute atomic E-state index is 13.1. The number of alkyl halides is 3. The second-order valence-corrected chi connectivity index (χ2v) is 6.29. The SMILES string of the molecule is CSC[C@@H](Oc1cccc(Cl)c1C(F)(F)F)[C@H]1CCNC1. The quantitative estimate of drug-likeness (QED) is 0.873. The lowest BCUT2D eigenvalue weighted by Crippen LogP contribution is -2.31. The molecule has 2 atom stereocenters. The van der Waals surface area contributed by atoms with Crippen molar-refractivity contribution in [3.63, 3.8) is 0 Å². The molecule has 0 unspecified atom stereocenters. The van der Waals surface area contributed by atoms with Crippen molar-refractivity contribution in [2.75, 3.05) is 25.1 Å². The molecule has 1 fully saturated rings. The van der Waals surface area contributed by atoms with Gasteiger partial charge in [0.05, 0.1) is 5.02 Å². The zero-order chi connectivity index (χ0) is 15.5. The van der Waals surface area contributed by atoms with Gasteiger partial charge in [-0.15, -0.1) is 0 Å². The van der Waals surface area contributed by atoms with E-state index >= 15 is 0 Å². The van der Waals surface area contributed by atoms with Crippen molar-refractivity contribution in [1.82, 2.24) is 5.32 Å². The Hall–Kier alpha value is -0.590. The van der Waals surface area contributed by atoms with Crippen LogP contribution in [0.5, 0.6) is 5.75 Å². The number of nitrogens with one attached hydrogen (secondary N) is 1. The fourth-order valence-electron chi connectivity index (χ4n) is 2.47. The maximum atomic E-state index is 13.1. The third-order valence-corrected chi connectivity index (χ3v) is 4.47. The van der Waals surface area contributed by atoms with E-state index in [-0.39, 0.29) is 22.8 Å². The van der Waals surface area contributed by atoms with Gasteiger partial charge in [0.25, 0.3) is 0 Å². The fraction of sp³-hybridized carbons (Fsp3) is 0.571. The molecule has 0 spiro atoms. The number of ether oxygens (including phenoxy) is 1. The Morgan fingerprint density at radius 1 is 1.48 bits per heavy atom. The Balaban J connectivity index is 2.26. The number of rotatable bonds is 5. The number of hydrogen-bond acceptors (Lipinski definition) is 3. The van der Waals surface area contributed by atoms with Crippen molar-refractivity contribution in [2.24, 2.45) is 5.92 Å². The van der Waals surface area contributed by atoms with Crippen LogP contribution in [0.2, 0.25) is 5.02 Å². The minimum absolute atomic E-state index is 0.180. The summed E-state index contributed by atoms with van der Waals surface area (Å²) in [4.78, 5) is 0. The summed E-state index contributed by atoms with van der Waals surface area (Å²) in [7, 11) is 0. The Morgan fingerprint density at radius 3 is 2.81 bits per heavy atom. The first kappa shape index (κ1) is 16.8. The van der Waals surface area contributed by atoms with Crippen molar-refractivity contribution >= 4 is 23.4 Å². The van der Waals surface area contributed by atoms with Gasteiger partial charge < -0.3 is 10.1 Å². The van der Waals surface area contributed by atoms with Gasteiger partial charge in [0.15, 0.2) is 0 Å². The van der Waals surface area contributed by atoms with E-state index in [0.717, 1.165) is 19.5 Å². The first-order valence-corrected chi connectivity index (χ1v) is 8.42. The van der Waals surface area contributed by atoms with E-state index in [2.05, 4.69) is 5.32 Å². The number of halogens is 4. The van der Waals surface area contributed by atoms with Crippen molar-refractivity contribution in [3.8, 4) is 5.75 Å². The van der Waals surface area contributed by atoms with Gasteiger partial charge in [0, 0.05) is 18.2 Å². The zero-order valence-electron chi connectivity index (χ0n) is 11.5. The van der Waals surface area contributed by atoms with Crippen LogP contribution in [0.4, 0.5) is 13.2 Å². The number of thioether (sulfide) groups is 1. The molecule has 1 aromatic rings. The summed E-state index contributed by atoms with van der Waals surface area (Å²) in [5.74, 6) is 0.689. The van der Waals surface area contributed by atoms with Crippen LogP contribution in [0, 0.1) is 5.92 Å². The molecule has 0 radical (unpaired) electrons. The molecule has 1 N–H and O–H groups in total. The van der Waals surface area contributed by atoms with E-state index in [1.54, 1.807) is 11.8 Å². The van der Waals surface area contributed by atoms with Gasteiger partial charge in [0.2, 0.25) is 0 Å². The van der Waals surface area contributed by atoms with E-state index in [9.17, 15) is 13.2 Å². The van der Waals surface area contributed by atoms with E-state index < -0.39 is 11.7 Å². The summed E-state index contributed by atoms with van der Waals surface area (Å²) in [6, 6.07) is 4.05. The summed E-state index contributed by atoms with van der Waals surface area (Å²) in [5, 5.41) is 2.89. The molecule has 1 aromatic carbocycles. The molecule has 0 aliphatic carbocycles.